The number of aromatic nitrogens is 3. The largest absolute Gasteiger partial charge is 0.497 e. The number of hydrogen-bond donors (Lipinski definition) is 0. The minimum absolute atomic E-state index is 0.0737. The van der Waals surface area contributed by atoms with E-state index in [-0.39, 0.29) is 12.5 Å². The van der Waals surface area contributed by atoms with Gasteiger partial charge in [0, 0.05) is 43.6 Å². The van der Waals surface area contributed by atoms with Gasteiger partial charge in [-0.3, -0.25) is 4.79 Å². The highest BCUT2D eigenvalue weighted by molar-refractivity contribution is 5.77. The van der Waals surface area contributed by atoms with Crippen molar-refractivity contribution in [3.05, 3.63) is 72.9 Å². The highest BCUT2D eigenvalue weighted by Crippen LogP contribution is 2.25. The number of anilines is 1. The molecule has 0 spiro atoms. The Balaban J connectivity index is 1.22. The fraction of sp³-hybridized carbons (Fsp3) is 0.240. The van der Waals surface area contributed by atoms with Gasteiger partial charge in [0.2, 0.25) is 11.8 Å². The lowest BCUT2D eigenvalue weighted by molar-refractivity contribution is -0.132. The van der Waals surface area contributed by atoms with Gasteiger partial charge in [-0.2, -0.15) is 0 Å². The molecular formula is C25H25N5O3. The number of nitrogens with zero attached hydrogens (tertiary/aromatic N) is 5. The van der Waals surface area contributed by atoms with Gasteiger partial charge in [0.15, 0.2) is 0 Å². The molecule has 168 valence electrons. The monoisotopic (exact) mass is 443 g/mol. The van der Waals surface area contributed by atoms with Gasteiger partial charge in [0.1, 0.15) is 18.0 Å². The van der Waals surface area contributed by atoms with Gasteiger partial charge in [-0.1, -0.05) is 18.2 Å². The van der Waals surface area contributed by atoms with E-state index in [1.165, 1.54) is 0 Å². The van der Waals surface area contributed by atoms with Crippen LogP contribution in [-0.2, 0) is 11.3 Å². The molecule has 4 aromatic rings. The van der Waals surface area contributed by atoms with Crippen LogP contribution in [0.2, 0.25) is 0 Å². The van der Waals surface area contributed by atoms with Gasteiger partial charge >= 0.3 is 0 Å². The highest BCUT2D eigenvalue weighted by Gasteiger charge is 2.23. The number of carbonyl (C=O) groups excluding carboxylic acids is 1. The molecule has 1 amide bonds. The Kier molecular flexibility index (Phi) is 5.80. The zero-order valence-corrected chi connectivity index (χ0v) is 18.4. The molecule has 2 aromatic carbocycles. The second kappa shape index (κ2) is 9.20. The van der Waals surface area contributed by atoms with Gasteiger partial charge in [0.05, 0.1) is 7.11 Å². The third kappa shape index (κ3) is 4.45. The molecule has 2 aromatic heterocycles. The number of methoxy groups -OCH3 is 1. The topological polar surface area (TPSA) is 76.6 Å². The van der Waals surface area contributed by atoms with Crippen molar-refractivity contribution in [2.24, 2.45) is 0 Å². The first-order valence-corrected chi connectivity index (χ1v) is 10.9. The molecule has 1 aliphatic heterocycles. The van der Waals surface area contributed by atoms with Crippen molar-refractivity contribution in [3.8, 4) is 28.8 Å². The van der Waals surface area contributed by atoms with E-state index in [0.717, 1.165) is 35.8 Å². The summed E-state index contributed by atoms with van der Waals surface area (Å²) in [6, 6.07) is 21.4. The molecule has 3 heterocycles. The predicted molar refractivity (Wildman–Crippen MR) is 125 cm³/mol. The van der Waals surface area contributed by atoms with Crippen LogP contribution in [0.4, 0.5) is 5.69 Å². The highest BCUT2D eigenvalue weighted by atomic mass is 16.5. The summed E-state index contributed by atoms with van der Waals surface area (Å²) in [4.78, 5) is 17.2. The molecule has 0 saturated carbocycles. The number of rotatable bonds is 6. The first kappa shape index (κ1) is 20.8. The molecule has 0 atom stereocenters. The van der Waals surface area contributed by atoms with Crippen molar-refractivity contribution < 1.29 is 13.9 Å². The Hall–Kier alpha value is -4.07. The Labute approximate surface area is 192 Å². The maximum absolute atomic E-state index is 13.0. The maximum Gasteiger partial charge on any atom is 0.264 e. The van der Waals surface area contributed by atoms with Crippen molar-refractivity contribution in [1.82, 2.24) is 19.7 Å². The summed E-state index contributed by atoms with van der Waals surface area (Å²) >= 11 is 0. The number of carbonyl (C=O) groups is 1. The molecule has 1 fully saturated rings. The van der Waals surface area contributed by atoms with Crippen LogP contribution in [0.25, 0.3) is 23.0 Å². The van der Waals surface area contributed by atoms with E-state index >= 15 is 0 Å². The van der Waals surface area contributed by atoms with Crippen LogP contribution in [0.1, 0.15) is 0 Å². The molecule has 1 saturated heterocycles. The lowest BCUT2D eigenvalue weighted by Crippen LogP contribution is -2.49. The minimum atomic E-state index is 0.0737. The SMILES string of the molecule is COc1ccc(N2CCN(C(=O)Cn3cccc3-c3nnc(-c4ccccc4)o3)CC2)cc1. The first-order valence-electron chi connectivity index (χ1n) is 10.9. The average Bonchev–Trinajstić information content (AvgIpc) is 3.54. The van der Waals surface area contributed by atoms with Gasteiger partial charge in [0.25, 0.3) is 5.89 Å². The van der Waals surface area contributed by atoms with Gasteiger partial charge < -0.3 is 23.5 Å². The molecule has 0 unspecified atom stereocenters. The van der Waals surface area contributed by atoms with Crippen LogP contribution in [0.3, 0.4) is 0 Å². The molecular weight excluding hydrogens is 418 g/mol. The van der Waals surface area contributed by atoms with Gasteiger partial charge in [-0.25, -0.2) is 0 Å². The Morgan fingerprint density at radius 2 is 1.64 bits per heavy atom. The summed E-state index contributed by atoms with van der Waals surface area (Å²) in [6.45, 7) is 3.18. The third-order valence-corrected chi connectivity index (χ3v) is 5.87. The Bertz CT molecular complexity index is 1210. The first-order chi connectivity index (χ1) is 16.2. The summed E-state index contributed by atoms with van der Waals surface area (Å²) < 4.78 is 13.0. The zero-order chi connectivity index (χ0) is 22.6. The van der Waals surface area contributed by atoms with E-state index in [0.29, 0.717) is 24.9 Å². The smallest absolute Gasteiger partial charge is 0.264 e. The fourth-order valence-corrected chi connectivity index (χ4v) is 4.02. The van der Waals surface area contributed by atoms with Gasteiger partial charge in [-0.05, 0) is 48.5 Å². The Morgan fingerprint density at radius 3 is 2.36 bits per heavy atom. The second-order valence-electron chi connectivity index (χ2n) is 7.87. The molecule has 0 aliphatic carbocycles. The van der Waals surface area contributed by atoms with Crippen LogP contribution < -0.4 is 9.64 Å². The second-order valence-corrected chi connectivity index (χ2v) is 7.87. The van der Waals surface area contributed by atoms with Crippen LogP contribution in [0.15, 0.2) is 77.3 Å². The van der Waals surface area contributed by atoms with Crippen molar-refractivity contribution >= 4 is 11.6 Å². The fourth-order valence-electron chi connectivity index (χ4n) is 4.02. The van der Waals surface area contributed by atoms with Gasteiger partial charge in [-0.15, -0.1) is 10.2 Å². The lowest BCUT2D eigenvalue weighted by atomic mass is 10.2. The number of ether oxygens (including phenoxy) is 1. The number of benzene rings is 2. The molecule has 8 nitrogen and oxygen atoms in total. The minimum Gasteiger partial charge on any atom is -0.497 e. The quantitative estimate of drug-likeness (QED) is 0.454. The third-order valence-electron chi connectivity index (χ3n) is 5.87. The van der Waals surface area contributed by atoms with Crippen molar-refractivity contribution in [2.45, 2.75) is 6.54 Å². The molecule has 33 heavy (non-hydrogen) atoms. The van der Waals surface area contributed by atoms with E-state index in [1.54, 1.807) is 7.11 Å². The van der Waals surface area contributed by atoms with Crippen LogP contribution in [0, 0.1) is 0 Å². The zero-order valence-electron chi connectivity index (χ0n) is 18.4. The molecule has 0 radical (unpaired) electrons. The number of piperazine rings is 1. The summed E-state index contributed by atoms with van der Waals surface area (Å²) in [7, 11) is 1.66. The maximum atomic E-state index is 13.0. The molecule has 0 bridgehead atoms. The predicted octanol–water partition coefficient (Wildman–Crippen LogP) is 3.56. The lowest BCUT2D eigenvalue weighted by Gasteiger charge is -2.36. The normalized spacial score (nSPS) is 13.8. The average molecular weight is 444 g/mol. The van der Waals surface area contributed by atoms with Crippen LogP contribution in [-0.4, -0.2) is 58.9 Å². The molecule has 8 heteroatoms. The van der Waals surface area contributed by atoms with Crippen molar-refractivity contribution in [1.29, 1.82) is 0 Å². The van der Waals surface area contributed by atoms with Crippen molar-refractivity contribution in [2.75, 3.05) is 38.2 Å². The summed E-state index contributed by atoms with van der Waals surface area (Å²) in [5.41, 5.74) is 2.73. The summed E-state index contributed by atoms with van der Waals surface area (Å²) in [5, 5.41) is 8.36. The molecule has 1 aliphatic rings. The Morgan fingerprint density at radius 1 is 0.909 bits per heavy atom. The van der Waals surface area contributed by atoms with E-state index < -0.39 is 0 Å². The van der Waals surface area contributed by atoms with Crippen LogP contribution in [0.5, 0.6) is 5.75 Å². The van der Waals surface area contributed by atoms with Crippen molar-refractivity contribution in [3.63, 3.8) is 0 Å². The summed E-state index contributed by atoms with van der Waals surface area (Å²) in [5.74, 6) is 1.77. The molecule has 0 N–H and O–H groups in total. The number of amides is 1. The molecule has 5 rings (SSSR count). The van der Waals surface area contributed by atoms with E-state index in [9.17, 15) is 4.79 Å². The standard InChI is InChI=1S/C25H25N5O3/c1-32-21-11-9-20(10-12-21)28-14-16-29(17-15-28)23(31)18-30-13-5-8-22(30)25-27-26-24(33-25)19-6-3-2-4-7-19/h2-13H,14-18H2,1H3. The van der Waals surface area contributed by atoms with Crippen LogP contribution >= 0.6 is 0 Å². The number of hydrogen-bond acceptors (Lipinski definition) is 6. The van der Waals surface area contributed by atoms with E-state index in [2.05, 4.69) is 27.2 Å². The van der Waals surface area contributed by atoms with E-state index in [4.69, 9.17) is 9.15 Å². The van der Waals surface area contributed by atoms with E-state index in [1.807, 2.05) is 70.3 Å². The summed E-state index contributed by atoms with van der Waals surface area (Å²) in [6.07, 6.45) is 1.87.